The molecule has 370 valence electrons. The third-order valence-corrected chi connectivity index (χ3v) is 11.2. The average Bonchev–Trinajstić information content (AvgIpc) is 3.11. The number of methoxy groups -OCH3 is 2. The van der Waals surface area contributed by atoms with E-state index in [4.69, 9.17) is 9.47 Å². The van der Waals surface area contributed by atoms with E-state index in [1.54, 1.807) is 14.2 Å². The molecule has 0 bridgehead atoms. The highest BCUT2D eigenvalue weighted by Crippen LogP contribution is 2.69. The lowest BCUT2D eigenvalue weighted by atomic mass is 9.83. The Morgan fingerprint density at radius 1 is 0.311 bits per heavy atom. The monoisotopic (exact) mass is 996 g/mol. The first-order chi connectivity index (χ1) is 26.3. The van der Waals surface area contributed by atoms with Crippen LogP contribution in [0.3, 0.4) is 0 Å². The van der Waals surface area contributed by atoms with Crippen molar-refractivity contribution in [3.8, 4) is 0 Å². The third-order valence-electron chi connectivity index (χ3n) is 8.48. The number of rotatable bonds is 23. The first kappa shape index (κ1) is 61.1. The van der Waals surface area contributed by atoms with Crippen LogP contribution in [-0.4, -0.2) is 133 Å². The molecular formula is C27H32F28O5Si. The molecule has 0 aromatic heterocycles. The minimum Gasteiger partial charge on any atom is -0.377 e. The molecule has 0 aliphatic carbocycles. The molecule has 0 N–H and O–H groups in total. The van der Waals surface area contributed by atoms with Crippen molar-refractivity contribution >= 4 is 8.80 Å². The van der Waals surface area contributed by atoms with Crippen molar-refractivity contribution in [3.05, 3.63) is 0 Å². The molecular weight excluding hydrogens is 964 g/mol. The van der Waals surface area contributed by atoms with E-state index in [2.05, 4.69) is 13.3 Å². The molecule has 0 heterocycles. The summed E-state index contributed by atoms with van der Waals surface area (Å²) in [5.41, 5.74) is 0. The molecule has 0 saturated carbocycles. The van der Waals surface area contributed by atoms with E-state index in [1.165, 1.54) is 0 Å². The van der Waals surface area contributed by atoms with Gasteiger partial charge >= 0.3 is 91.7 Å². The summed E-state index contributed by atoms with van der Waals surface area (Å²) < 4.78 is 414. The van der Waals surface area contributed by atoms with Crippen molar-refractivity contribution in [2.24, 2.45) is 0 Å². The smallest absolute Gasteiger partial charge is 0.377 e. The Morgan fingerprint density at radius 3 is 0.639 bits per heavy atom. The summed E-state index contributed by atoms with van der Waals surface area (Å²) in [7, 11) is -0.0554. The molecule has 34 heteroatoms. The van der Waals surface area contributed by atoms with Crippen LogP contribution in [0.4, 0.5) is 123 Å². The highest BCUT2D eigenvalue weighted by molar-refractivity contribution is 6.60. The molecule has 0 atom stereocenters. The quantitative estimate of drug-likeness (QED) is 0.0580. The summed E-state index contributed by atoms with van der Waals surface area (Å²) in [6.07, 6.45) is -7.33. The first-order valence-corrected chi connectivity index (χ1v) is 17.3. The maximum Gasteiger partial charge on any atom is 0.500 e. The lowest BCUT2D eigenvalue weighted by Gasteiger charge is -2.46. The summed E-state index contributed by atoms with van der Waals surface area (Å²) in [5.74, 6) is -126. The molecule has 0 fully saturated rings. The molecule has 5 nitrogen and oxygen atoms in total. The van der Waals surface area contributed by atoms with Gasteiger partial charge in [-0.15, -0.1) is 0 Å². The van der Waals surface area contributed by atoms with E-state index in [-0.39, 0.29) is 0 Å². The zero-order valence-corrected chi connectivity index (χ0v) is 32.5. The van der Waals surface area contributed by atoms with Crippen molar-refractivity contribution in [2.45, 2.75) is 135 Å². The molecule has 0 amide bonds. The largest absolute Gasteiger partial charge is 0.500 e. The maximum atomic E-state index is 14.1. The van der Waals surface area contributed by atoms with Gasteiger partial charge in [0.25, 0.3) is 0 Å². The number of alkyl halides is 28. The second-order valence-corrected chi connectivity index (χ2v) is 15.7. The zero-order valence-electron chi connectivity index (χ0n) is 31.5. The number of ether oxygens (including phenoxy) is 2. The minimum atomic E-state index is -9.87. The molecule has 0 saturated heterocycles. The van der Waals surface area contributed by atoms with E-state index in [1.807, 2.05) is 13.8 Å². The molecule has 0 radical (unpaired) electrons. The first-order valence-electron chi connectivity index (χ1n) is 15.4. The molecule has 0 aromatic carbocycles. The maximum absolute atomic E-state index is 14.1. The van der Waals surface area contributed by atoms with Gasteiger partial charge in [-0.3, -0.25) is 0 Å². The van der Waals surface area contributed by atoms with E-state index >= 15 is 0 Å². The summed E-state index contributed by atoms with van der Waals surface area (Å²) in [6.45, 7) is 4.05. The lowest BCUT2D eigenvalue weighted by Crippen LogP contribution is -2.79. The summed E-state index contributed by atoms with van der Waals surface area (Å²) in [6, 6.07) is -1.92. The Morgan fingerprint density at radius 2 is 0.492 bits per heavy atom. The number of hydrogen-bond donors (Lipinski definition) is 0. The van der Waals surface area contributed by atoms with E-state index < -0.39 is 123 Å². The van der Waals surface area contributed by atoms with Gasteiger partial charge in [-0.1, -0.05) is 13.3 Å². The van der Waals surface area contributed by atoms with E-state index in [0.29, 0.717) is 28.3 Å². The van der Waals surface area contributed by atoms with Crippen LogP contribution in [0, 0.1) is 0 Å². The fourth-order valence-corrected chi connectivity index (χ4v) is 5.74. The fraction of sp³-hybridized carbons (Fsp3) is 1.00. The predicted molar refractivity (Wildman–Crippen MR) is 148 cm³/mol. The summed E-state index contributed by atoms with van der Waals surface area (Å²) in [4.78, 5) is 0. The van der Waals surface area contributed by atoms with E-state index in [0.717, 1.165) is 0 Å². The number of hydrogen-bond acceptors (Lipinski definition) is 5. The van der Waals surface area contributed by atoms with Crippen LogP contribution in [0.15, 0.2) is 0 Å². The van der Waals surface area contributed by atoms with Gasteiger partial charge in [0.05, 0.1) is 0 Å². The van der Waals surface area contributed by atoms with Crippen LogP contribution in [-0.2, 0) is 22.8 Å². The molecule has 0 aromatic rings. The highest BCUT2D eigenvalue weighted by Gasteiger charge is 3.00. The number of halogens is 28. The second kappa shape index (κ2) is 17.8. The van der Waals surface area contributed by atoms with Gasteiger partial charge in [0.15, 0.2) is 5.79 Å². The fourth-order valence-electron chi connectivity index (χ4n) is 4.01. The third kappa shape index (κ3) is 9.17. The average molecular weight is 997 g/mol. The van der Waals surface area contributed by atoms with Crippen LogP contribution in [0.1, 0.15) is 40.0 Å². The van der Waals surface area contributed by atoms with Gasteiger partial charge in [-0.25, -0.2) is 0 Å². The van der Waals surface area contributed by atoms with Gasteiger partial charge in [0, 0.05) is 54.4 Å². The topological polar surface area (TPSA) is 46.2 Å². The molecule has 61 heavy (non-hydrogen) atoms. The Hall–Kier alpha value is -1.94. The van der Waals surface area contributed by atoms with Crippen molar-refractivity contribution in [3.63, 3.8) is 0 Å². The van der Waals surface area contributed by atoms with Crippen LogP contribution in [0.5, 0.6) is 0 Å². The molecule has 0 unspecified atom stereocenters. The SMILES string of the molecule is CCCC(F)(F)C(F)(F)C(F)(F)C(F)(F)C(F)(F)C(F)(F)C(F)(F)C(F)(F)C(F)(F)C(F)(F)C(F)(F)C(F)(F)C(F)(F)C(F)(F)CC[Si](OC)(OC)OC.COC(C)(C)OC. The van der Waals surface area contributed by atoms with E-state index in [9.17, 15) is 123 Å². The highest BCUT2D eigenvalue weighted by atomic mass is 28.4. The van der Waals surface area contributed by atoms with Crippen molar-refractivity contribution in [1.29, 1.82) is 0 Å². The minimum absolute atomic E-state index is 0.339. The molecule has 0 aliphatic rings. The standard InChI is InChI=1S/C22H20F28O3Si.C5H12O2/c1-5-6-9(23,24)11(27,28)13(31,32)15(35,36)17(39,40)19(43,44)21(47,48)22(49,50)20(45,46)18(41,42)16(37,38)14(33,34)12(29,30)10(25,26)7-8-54(51-2,52-3)53-4;1-5(2,6-3)7-4/h5-8H2,1-4H3;1-4H3. The Balaban J connectivity index is 0. The predicted octanol–water partition coefficient (Wildman–Crippen LogP) is 12.0. The summed E-state index contributed by atoms with van der Waals surface area (Å²) in [5, 5.41) is 0. The second-order valence-electron chi connectivity index (χ2n) is 12.7. The van der Waals surface area contributed by atoms with Crippen LogP contribution < -0.4 is 0 Å². The van der Waals surface area contributed by atoms with Gasteiger partial charge < -0.3 is 22.8 Å². The molecule has 0 rings (SSSR count). The molecule has 0 spiro atoms. The van der Waals surface area contributed by atoms with Crippen LogP contribution >= 0.6 is 0 Å². The lowest BCUT2D eigenvalue weighted by molar-refractivity contribution is -0.485. The molecule has 0 aliphatic heterocycles. The van der Waals surface area contributed by atoms with Crippen LogP contribution in [0.25, 0.3) is 0 Å². The van der Waals surface area contributed by atoms with Gasteiger partial charge in [0.2, 0.25) is 0 Å². The Kier molecular flexibility index (Phi) is 17.8. The summed E-state index contributed by atoms with van der Waals surface area (Å²) >= 11 is 0. The Bertz CT molecular complexity index is 1420. The van der Waals surface area contributed by atoms with Crippen molar-refractivity contribution in [1.82, 2.24) is 0 Å². The van der Waals surface area contributed by atoms with Gasteiger partial charge in [0.1, 0.15) is 0 Å². The van der Waals surface area contributed by atoms with Crippen LogP contribution in [0.2, 0.25) is 6.04 Å². The van der Waals surface area contributed by atoms with Gasteiger partial charge in [-0.05, 0) is 13.8 Å². The normalized spacial score (nSPS) is 16.1. The zero-order chi connectivity index (χ0) is 50.4. The van der Waals surface area contributed by atoms with Gasteiger partial charge in [-0.2, -0.15) is 123 Å². The van der Waals surface area contributed by atoms with Crippen molar-refractivity contribution in [2.75, 3.05) is 35.5 Å². The Labute approximate surface area is 325 Å². The van der Waals surface area contributed by atoms with Crippen molar-refractivity contribution < 1.29 is 146 Å².